The van der Waals surface area contributed by atoms with Crippen LogP contribution in [0.1, 0.15) is 6.92 Å². The maximum atomic E-state index is 14.1. The Kier molecular flexibility index (Phi) is 8.58. The van der Waals surface area contributed by atoms with Gasteiger partial charge in [0.05, 0.1) is 0 Å². The van der Waals surface area contributed by atoms with Crippen LogP contribution in [0.15, 0.2) is 0 Å². The summed E-state index contributed by atoms with van der Waals surface area (Å²) in [5, 5.41) is 9.00. The standard InChI is InChI=1S/C12H6F21NO3S/c1-2-34(38(33,36)37)10(35,12(30,31)32)8(23,24)6(19,20)4(15,16)3(13,14)5(17,18)7(21,22)9(25,26)11(27,28)29/h35H,2H2,1H3. The van der Waals surface area contributed by atoms with Crippen molar-refractivity contribution in [3.63, 3.8) is 0 Å². The summed E-state index contributed by atoms with van der Waals surface area (Å²) in [5.41, 5.74) is -7.67. The van der Waals surface area contributed by atoms with E-state index in [9.17, 15) is 100 Å². The molecule has 26 heteroatoms. The monoisotopic (exact) mass is 643 g/mol. The van der Waals surface area contributed by atoms with E-state index in [1.165, 1.54) is 0 Å². The number of hydrogen-bond acceptors (Lipinski definition) is 3. The zero-order valence-electron chi connectivity index (χ0n) is 16.8. The van der Waals surface area contributed by atoms with E-state index < -0.39 is 80.8 Å². The highest BCUT2D eigenvalue weighted by atomic mass is 32.3. The van der Waals surface area contributed by atoms with Gasteiger partial charge in [-0.15, -0.1) is 4.31 Å². The first kappa shape index (κ1) is 36.4. The van der Waals surface area contributed by atoms with Crippen LogP contribution in [0, 0.1) is 0 Å². The van der Waals surface area contributed by atoms with E-state index in [1.807, 2.05) is 0 Å². The van der Waals surface area contributed by atoms with E-state index >= 15 is 0 Å². The third-order valence-electron chi connectivity index (χ3n) is 4.47. The van der Waals surface area contributed by atoms with Crippen LogP contribution in [0.3, 0.4) is 0 Å². The molecule has 0 saturated heterocycles. The quantitative estimate of drug-likeness (QED) is 0.187. The van der Waals surface area contributed by atoms with E-state index in [1.54, 1.807) is 0 Å². The average molecular weight is 643 g/mol. The Balaban J connectivity index is 7.56. The predicted molar refractivity (Wildman–Crippen MR) is 74.1 cm³/mol. The summed E-state index contributed by atoms with van der Waals surface area (Å²) in [7, 11) is -7.64. The van der Waals surface area contributed by atoms with Gasteiger partial charge in [-0.1, -0.05) is 10.8 Å². The fraction of sp³-hybridized carbons (Fsp3) is 1.00. The number of aliphatic hydroxyl groups is 1. The number of rotatable bonds is 10. The zero-order valence-corrected chi connectivity index (χ0v) is 17.6. The van der Waals surface area contributed by atoms with Crippen molar-refractivity contribution in [1.29, 1.82) is 0 Å². The van der Waals surface area contributed by atoms with Gasteiger partial charge < -0.3 is 5.11 Å². The van der Waals surface area contributed by atoms with E-state index in [4.69, 9.17) is 5.11 Å². The van der Waals surface area contributed by atoms with Gasteiger partial charge in [0.25, 0.3) is 0 Å². The fourth-order valence-electron chi connectivity index (χ4n) is 2.40. The minimum atomic E-state index is -9.32. The molecule has 0 aliphatic rings. The van der Waals surface area contributed by atoms with Gasteiger partial charge in [0.15, 0.2) is 0 Å². The molecule has 0 aromatic carbocycles. The van der Waals surface area contributed by atoms with Gasteiger partial charge in [-0.05, 0) is 0 Å². The lowest BCUT2D eigenvalue weighted by Gasteiger charge is -2.47. The van der Waals surface area contributed by atoms with Crippen molar-refractivity contribution in [2.45, 2.75) is 66.5 Å². The summed E-state index contributed by atoms with van der Waals surface area (Å²) in [6.07, 6.45) is -16.0. The van der Waals surface area contributed by atoms with Gasteiger partial charge in [0.1, 0.15) is 0 Å². The first-order chi connectivity index (χ1) is 15.9. The van der Waals surface area contributed by atoms with Crippen molar-refractivity contribution in [2.24, 2.45) is 0 Å². The van der Waals surface area contributed by atoms with Gasteiger partial charge in [-0.25, -0.2) is 0 Å². The second kappa shape index (κ2) is 8.95. The minimum absolute atomic E-state index is 0.247. The normalized spacial score (nSPS) is 18.1. The molecule has 4 nitrogen and oxygen atoms in total. The maximum Gasteiger partial charge on any atom is 0.460 e. The SMILES string of the molecule is CCN(C(O)(C(F)(F)F)C(F)(F)C(F)(F)C(F)(F)C(F)(F)C(F)(F)C(F)(F)C(F)(F)C(F)(F)F)S(=O)(=O)F. The Morgan fingerprint density at radius 2 is 0.737 bits per heavy atom. The largest absolute Gasteiger partial charge is 0.460 e. The van der Waals surface area contributed by atoms with Crippen molar-refractivity contribution in [1.82, 2.24) is 4.31 Å². The van der Waals surface area contributed by atoms with Crippen LogP contribution in [0.25, 0.3) is 0 Å². The molecule has 230 valence electrons. The molecule has 1 N–H and O–H groups in total. The van der Waals surface area contributed by atoms with Crippen molar-refractivity contribution in [3.05, 3.63) is 0 Å². The molecule has 0 radical (unpaired) electrons. The number of alkyl halides is 20. The van der Waals surface area contributed by atoms with E-state index in [-0.39, 0.29) is 6.92 Å². The summed E-state index contributed by atoms with van der Waals surface area (Å²) in [4.78, 5) is 0. The third kappa shape index (κ3) is 4.40. The summed E-state index contributed by atoms with van der Waals surface area (Å²) < 4.78 is 295. The molecule has 0 aliphatic carbocycles. The highest BCUT2D eigenvalue weighted by Crippen LogP contribution is 2.66. The molecule has 1 atom stereocenters. The van der Waals surface area contributed by atoms with Crippen LogP contribution in [-0.4, -0.2) is 83.9 Å². The minimum Gasteiger partial charge on any atom is -0.362 e. The molecule has 0 bridgehead atoms. The molecule has 0 fully saturated rings. The first-order valence-electron chi connectivity index (χ1n) is 8.17. The Hall–Kier alpha value is -1.60. The van der Waals surface area contributed by atoms with Gasteiger partial charge in [0, 0.05) is 6.54 Å². The lowest BCUT2D eigenvalue weighted by molar-refractivity contribution is -0.481. The Labute approximate surface area is 194 Å². The molecular weight excluding hydrogens is 637 g/mol. The average Bonchev–Trinajstić information content (AvgIpc) is 2.64. The second-order valence-electron chi connectivity index (χ2n) is 6.80. The van der Waals surface area contributed by atoms with Gasteiger partial charge in [-0.3, -0.25) is 0 Å². The molecule has 38 heavy (non-hydrogen) atoms. The molecule has 0 spiro atoms. The van der Waals surface area contributed by atoms with E-state index in [2.05, 4.69) is 0 Å². The molecule has 0 rings (SSSR count). The smallest absolute Gasteiger partial charge is 0.362 e. The lowest BCUT2D eigenvalue weighted by Crippen LogP contribution is -2.80. The Morgan fingerprint density at radius 3 is 0.921 bits per heavy atom. The molecule has 0 amide bonds. The first-order valence-corrected chi connectivity index (χ1v) is 9.51. The van der Waals surface area contributed by atoms with Crippen LogP contribution >= 0.6 is 0 Å². The Morgan fingerprint density at radius 1 is 0.500 bits per heavy atom. The summed E-state index contributed by atoms with van der Waals surface area (Å²) in [6.45, 7) is -2.88. The van der Waals surface area contributed by atoms with Gasteiger partial charge in [0.2, 0.25) is 0 Å². The third-order valence-corrected chi connectivity index (χ3v) is 5.52. The van der Waals surface area contributed by atoms with E-state index in [0.717, 1.165) is 0 Å². The lowest BCUT2D eigenvalue weighted by atomic mass is 9.85. The maximum absolute atomic E-state index is 14.1. The predicted octanol–water partition coefficient (Wildman–Crippen LogP) is 5.78. The molecule has 0 aliphatic heterocycles. The van der Waals surface area contributed by atoms with Crippen molar-refractivity contribution in [2.75, 3.05) is 6.54 Å². The number of halogens is 21. The summed E-state index contributed by atoms with van der Waals surface area (Å²) in [6, 6.07) is 0. The highest BCUT2D eigenvalue weighted by Gasteiger charge is 2.98. The fourth-order valence-corrected chi connectivity index (χ4v) is 3.24. The van der Waals surface area contributed by atoms with Crippen LogP contribution in [-0.2, 0) is 10.4 Å². The Bertz CT molecular complexity index is 982. The number of nitrogens with zero attached hydrogens (tertiary/aromatic N) is 1. The van der Waals surface area contributed by atoms with E-state index in [0.29, 0.717) is 0 Å². The molecule has 1 unspecified atom stereocenters. The van der Waals surface area contributed by atoms with Gasteiger partial charge in [-0.2, -0.15) is 96.2 Å². The zero-order chi connectivity index (χ0) is 31.8. The molecule has 0 aromatic rings. The highest BCUT2D eigenvalue weighted by molar-refractivity contribution is 7.84. The van der Waals surface area contributed by atoms with Crippen molar-refractivity contribution < 1.29 is 105 Å². The van der Waals surface area contributed by atoms with Crippen LogP contribution in [0.4, 0.5) is 91.7 Å². The van der Waals surface area contributed by atoms with Crippen LogP contribution < -0.4 is 0 Å². The summed E-state index contributed by atoms with van der Waals surface area (Å²) >= 11 is 0. The molecule has 0 saturated carbocycles. The molecular formula is C12H6F21NO3S. The van der Waals surface area contributed by atoms with Crippen molar-refractivity contribution >= 4 is 10.4 Å². The molecule has 0 heterocycles. The van der Waals surface area contributed by atoms with Crippen LogP contribution in [0.5, 0.6) is 0 Å². The number of hydrogen-bond donors (Lipinski definition) is 1. The van der Waals surface area contributed by atoms with Crippen molar-refractivity contribution in [3.8, 4) is 0 Å². The topological polar surface area (TPSA) is 57.6 Å². The van der Waals surface area contributed by atoms with Gasteiger partial charge >= 0.3 is 69.9 Å². The second-order valence-corrected chi connectivity index (χ2v) is 8.06. The van der Waals surface area contributed by atoms with Crippen LogP contribution in [0.2, 0.25) is 0 Å². The molecule has 0 aromatic heterocycles. The summed E-state index contributed by atoms with van der Waals surface area (Å²) in [5.74, 6) is -63.2.